The highest BCUT2D eigenvalue weighted by Crippen LogP contribution is 2.38. The van der Waals surface area contributed by atoms with E-state index in [0.29, 0.717) is 31.2 Å². The number of aromatic nitrogens is 2. The largest absolute Gasteiger partial charge is 0.711 e. The fraction of sp³-hybridized carbons (Fsp3) is 0.278. The summed E-state index contributed by atoms with van der Waals surface area (Å²) in [5, 5.41) is 23.0. The molecule has 2 aromatic heterocycles. The Labute approximate surface area is 168 Å². The van der Waals surface area contributed by atoms with Gasteiger partial charge in [-0.1, -0.05) is 11.6 Å². The second-order valence-electron chi connectivity index (χ2n) is 7.03. The Balaban J connectivity index is 2.34. The van der Waals surface area contributed by atoms with Crippen molar-refractivity contribution in [3.63, 3.8) is 0 Å². The number of carbonyl (C=O) groups excluding carboxylic acids is 1. The summed E-state index contributed by atoms with van der Waals surface area (Å²) in [6.07, 6.45) is 0.766. The summed E-state index contributed by atoms with van der Waals surface area (Å²) in [7, 11) is 1.54. The minimum Gasteiger partial charge on any atom is -0.711 e. The first-order chi connectivity index (χ1) is 12.5. The zero-order valence-electron chi connectivity index (χ0n) is 15.1. The minimum atomic E-state index is -0.676. The number of nitrogens with zero attached hydrogens (tertiary/aromatic N) is 3. The van der Waals surface area contributed by atoms with Gasteiger partial charge in [-0.05, 0) is 48.8 Å². The molecule has 2 heterocycles. The SMILES string of the molecule is CN(C(=O)OC(C)(C)C)c1cc(Cl)c(C#N)c2c1[nH]c1c2cc(Br)c[n+]1[O-]. The lowest BCUT2D eigenvalue weighted by atomic mass is 10.1. The Morgan fingerprint density at radius 1 is 1.44 bits per heavy atom. The molecule has 27 heavy (non-hydrogen) atoms. The number of benzene rings is 1. The van der Waals surface area contributed by atoms with Gasteiger partial charge in [0.25, 0.3) is 5.65 Å². The second-order valence-corrected chi connectivity index (χ2v) is 8.35. The average molecular weight is 452 g/mol. The molecule has 1 aromatic carbocycles. The van der Waals surface area contributed by atoms with Crippen molar-refractivity contribution in [3.8, 4) is 6.07 Å². The number of nitrogens with one attached hydrogen (secondary N) is 1. The Morgan fingerprint density at radius 2 is 2.11 bits per heavy atom. The van der Waals surface area contributed by atoms with Crippen LogP contribution in [0.4, 0.5) is 10.5 Å². The van der Waals surface area contributed by atoms with Crippen molar-refractivity contribution in [2.75, 3.05) is 11.9 Å². The van der Waals surface area contributed by atoms with Gasteiger partial charge < -0.3 is 9.94 Å². The number of anilines is 1. The molecule has 0 atom stereocenters. The van der Waals surface area contributed by atoms with Crippen LogP contribution in [0.5, 0.6) is 0 Å². The van der Waals surface area contributed by atoms with Crippen molar-refractivity contribution in [3.05, 3.63) is 38.6 Å². The fourth-order valence-corrected chi connectivity index (χ4v) is 3.46. The van der Waals surface area contributed by atoms with Gasteiger partial charge in [0.1, 0.15) is 17.9 Å². The number of carbonyl (C=O) groups is 1. The quantitative estimate of drug-likeness (QED) is 0.431. The molecule has 1 amide bonds. The summed E-state index contributed by atoms with van der Waals surface area (Å²) in [6.45, 7) is 5.29. The van der Waals surface area contributed by atoms with Crippen LogP contribution in [0, 0.1) is 16.5 Å². The molecular weight excluding hydrogens is 436 g/mol. The van der Waals surface area contributed by atoms with Crippen LogP contribution in [-0.4, -0.2) is 23.7 Å². The third-order valence-electron chi connectivity index (χ3n) is 3.91. The van der Waals surface area contributed by atoms with E-state index < -0.39 is 11.7 Å². The third-order valence-corrected chi connectivity index (χ3v) is 4.64. The van der Waals surface area contributed by atoms with Crippen LogP contribution in [0.25, 0.3) is 21.9 Å². The van der Waals surface area contributed by atoms with Crippen LogP contribution < -0.4 is 9.63 Å². The lowest BCUT2D eigenvalue weighted by Gasteiger charge is -2.24. The van der Waals surface area contributed by atoms with Crippen LogP contribution in [0.2, 0.25) is 5.02 Å². The number of fused-ring (bicyclic) bond motifs is 3. The van der Waals surface area contributed by atoms with Gasteiger partial charge in [0, 0.05) is 7.05 Å². The van der Waals surface area contributed by atoms with E-state index in [-0.39, 0.29) is 16.2 Å². The van der Waals surface area contributed by atoms with Crippen LogP contribution in [0.1, 0.15) is 26.3 Å². The predicted octanol–water partition coefficient (Wildman–Crippen LogP) is 4.61. The third kappa shape index (κ3) is 3.40. The Bertz CT molecular complexity index is 1130. The van der Waals surface area contributed by atoms with Crippen LogP contribution >= 0.6 is 27.5 Å². The summed E-state index contributed by atoms with van der Waals surface area (Å²) in [4.78, 5) is 16.8. The summed E-state index contributed by atoms with van der Waals surface area (Å²) < 4.78 is 6.62. The van der Waals surface area contributed by atoms with Crippen molar-refractivity contribution >= 4 is 61.2 Å². The zero-order chi connectivity index (χ0) is 20.1. The van der Waals surface area contributed by atoms with Crippen molar-refractivity contribution < 1.29 is 14.3 Å². The van der Waals surface area contributed by atoms with E-state index in [0.717, 1.165) is 0 Å². The van der Waals surface area contributed by atoms with Gasteiger partial charge in [0.2, 0.25) is 0 Å². The molecule has 0 radical (unpaired) electrons. The van der Waals surface area contributed by atoms with E-state index in [1.54, 1.807) is 26.8 Å². The van der Waals surface area contributed by atoms with Gasteiger partial charge in [0.05, 0.1) is 31.5 Å². The molecule has 7 nitrogen and oxygen atoms in total. The number of pyridine rings is 1. The van der Waals surface area contributed by atoms with Gasteiger partial charge in [-0.2, -0.15) is 5.26 Å². The first-order valence-electron chi connectivity index (χ1n) is 7.97. The second kappa shape index (κ2) is 6.59. The monoisotopic (exact) mass is 450 g/mol. The summed E-state index contributed by atoms with van der Waals surface area (Å²) in [6, 6.07) is 5.30. The van der Waals surface area contributed by atoms with E-state index in [1.807, 2.05) is 0 Å². The van der Waals surface area contributed by atoms with Gasteiger partial charge >= 0.3 is 6.09 Å². The molecular formula is C18H16BrClN4O3. The smallest absolute Gasteiger partial charge is 0.414 e. The van der Waals surface area contributed by atoms with Crippen molar-refractivity contribution in [1.29, 1.82) is 5.26 Å². The topological polar surface area (TPSA) is 96.1 Å². The van der Waals surface area contributed by atoms with Gasteiger partial charge in [-0.25, -0.2) is 14.5 Å². The zero-order valence-corrected chi connectivity index (χ0v) is 17.4. The summed E-state index contributed by atoms with van der Waals surface area (Å²) in [5.41, 5.74) is 0.644. The van der Waals surface area contributed by atoms with Gasteiger partial charge in [0.15, 0.2) is 5.52 Å². The van der Waals surface area contributed by atoms with Crippen molar-refractivity contribution in [1.82, 2.24) is 4.98 Å². The number of nitriles is 1. The summed E-state index contributed by atoms with van der Waals surface area (Å²) >= 11 is 9.60. The number of H-pyrrole nitrogens is 1. The number of amides is 1. The molecule has 1 N–H and O–H groups in total. The van der Waals surface area contributed by atoms with Crippen LogP contribution in [-0.2, 0) is 4.74 Å². The molecule has 0 saturated carbocycles. The maximum absolute atomic E-state index is 12.5. The number of ether oxygens (including phenoxy) is 1. The predicted molar refractivity (Wildman–Crippen MR) is 107 cm³/mol. The Morgan fingerprint density at radius 3 is 2.70 bits per heavy atom. The maximum Gasteiger partial charge on any atom is 0.414 e. The lowest BCUT2D eigenvalue weighted by molar-refractivity contribution is -0.579. The lowest BCUT2D eigenvalue weighted by Crippen LogP contribution is -2.34. The highest BCUT2D eigenvalue weighted by Gasteiger charge is 2.27. The van der Waals surface area contributed by atoms with Crippen molar-refractivity contribution in [2.45, 2.75) is 26.4 Å². The number of hydrogen-bond acceptors (Lipinski definition) is 4. The molecule has 3 rings (SSSR count). The first-order valence-corrected chi connectivity index (χ1v) is 9.14. The molecule has 3 aromatic rings. The van der Waals surface area contributed by atoms with Crippen LogP contribution in [0.3, 0.4) is 0 Å². The molecule has 0 aliphatic carbocycles. The fourth-order valence-electron chi connectivity index (χ4n) is 2.81. The molecule has 0 saturated heterocycles. The van der Waals surface area contributed by atoms with E-state index in [4.69, 9.17) is 16.3 Å². The average Bonchev–Trinajstić information content (AvgIpc) is 2.91. The molecule has 0 unspecified atom stereocenters. The standard InChI is InChI=1S/C18H16BrClN4O3/c1-18(2,3)27-17(25)23(4)13-6-12(20)11(7-21)14-10-5-9(19)8-24(26)16(10)22-15(13)14/h5-6,8,22H,1-4H3. The molecule has 0 fully saturated rings. The molecule has 0 aliphatic rings. The molecule has 9 heteroatoms. The highest BCUT2D eigenvalue weighted by molar-refractivity contribution is 9.10. The number of hydrogen-bond donors (Lipinski definition) is 1. The number of aromatic amines is 1. The van der Waals surface area contributed by atoms with E-state index in [1.165, 1.54) is 24.2 Å². The Kier molecular flexibility index (Phi) is 4.70. The molecule has 140 valence electrons. The number of rotatable bonds is 1. The molecule has 0 spiro atoms. The Hall–Kier alpha value is -2.50. The maximum atomic E-state index is 12.5. The normalized spacial score (nSPS) is 11.6. The van der Waals surface area contributed by atoms with E-state index in [9.17, 15) is 15.3 Å². The molecule has 0 bridgehead atoms. The van der Waals surface area contributed by atoms with E-state index in [2.05, 4.69) is 27.0 Å². The van der Waals surface area contributed by atoms with Crippen LogP contribution in [0.15, 0.2) is 22.8 Å². The number of halogens is 2. The first kappa shape index (κ1) is 19.3. The van der Waals surface area contributed by atoms with E-state index >= 15 is 0 Å². The van der Waals surface area contributed by atoms with Gasteiger partial charge in [-0.3, -0.25) is 4.90 Å². The molecule has 0 aliphatic heterocycles. The summed E-state index contributed by atoms with van der Waals surface area (Å²) in [5.74, 6) is 0. The minimum absolute atomic E-state index is 0.175. The highest BCUT2D eigenvalue weighted by atomic mass is 79.9. The van der Waals surface area contributed by atoms with Crippen molar-refractivity contribution in [2.24, 2.45) is 0 Å². The van der Waals surface area contributed by atoms with Gasteiger partial charge in [-0.15, -0.1) is 0 Å².